The van der Waals surface area contributed by atoms with Gasteiger partial charge in [-0.2, -0.15) is 5.10 Å². The Labute approximate surface area is 146 Å². The topological polar surface area (TPSA) is 69.0 Å². The second kappa shape index (κ2) is 7.17. The van der Waals surface area contributed by atoms with Crippen molar-refractivity contribution in [2.75, 3.05) is 7.11 Å². The number of nitrogens with one attached hydrogen (secondary N) is 1. The van der Waals surface area contributed by atoms with Crippen molar-refractivity contribution < 1.29 is 9.53 Å². The van der Waals surface area contributed by atoms with Crippen molar-refractivity contribution in [1.29, 1.82) is 0 Å². The lowest BCUT2D eigenvalue weighted by atomic mass is 10.1. The van der Waals surface area contributed by atoms with Crippen LogP contribution in [-0.2, 0) is 0 Å². The molecule has 1 N–H and O–H groups in total. The second-order valence-electron chi connectivity index (χ2n) is 5.81. The normalized spacial score (nSPS) is 11.8. The highest BCUT2D eigenvalue weighted by Crippen LogP contribution is 2.20. The standard InChI is InChI=1S/C19H20N4O2/c1-13-4-5-16(10-18(13)25-3)19(24)22-14(2)15-6-8-17(9-7-15)23-12-20-11-21-23/h4-12,14H,1-3H3,(H,22,24)/t14-/m1/s1. The molecule has 6 heteroatoms. The minimum Gasteiger partial charge on any atom is -0.496 e. The van der Waals surface area contributed by atoms with Gasteiger partial charge in [-0.3, -0.25) is 4.79 Å². The summed E-state index contributed by atoms with van der Waals surface area (Å²) >= 11 is 0. The summed E-state index contributed by atoms with van der Waals surface area (Å²) in [5.41, 5.74) is 3.50. The van der Waals surface area contributed by atoms with Gasteiger partial charge in [-0.25, -0.2) is 9.67 Å². The molecule has 1 heterocycles. The molecule has 1 amide bonds. The van der Waals surface area contributed by atoms with E-state index < -0.39 is 0 Å². The zero-order valence-corrected chi connectivity index (χ0v) is 14.4. The van der Waals surface area contributed by atoms with Crippen molar-refractivity contribution in [2.45, 2.75) is 19.9 Å². The summed E-state index contributed by atoms with van der Waals surface area (Å²) in [6.07, 6.45) is 3.14. The summed E-state index contributed by atoms with van der Waals surface area (Å²) in [4.78, 5) is 16.4. The average Bonchev–Trinajstić information content (AvgIpc) is 3.16. The Morgan fingerprint density at radius 3 is 2.60 bits per heavy atom. The van der Waals surface area contributed by atoms with E-state index in [1.54, 1.807) is 30.3 Å². The summed E-state index contributed by atoms with van der Waals surface area (Å²) in [6.45, 7) is 3.90. The maximum Gasteiger partial charge on any atom is 0.251 e. The number of carbonyl (C=O) groups excluding carboxylic acids is 1. The highest BCUT2D eigenvalue weighted by Gasteiger charge is 2.13. The van der Waals surface area contributed by atoms with E-state index in [4.69, 9.17) is 4.74 Å². The van der Waals surface area contributed by atoms with Gasteiger partial charge in [-0.15, -0.1) is 0 Å². The van der Waals surface area contributed by atoms with E-state index in [1.807, 2.05) is 44.2 Å². The number of ether oxygens (including phenoxy) is 1. The van der Waals surface area contributed by atoms with Crippen molar-refractivity contribution in [1.82, 2.24) is 20.1 Å². The molecule has 3 aromatic rings. The molecule has 0 saturated carbocycles. The minimum atomic E-state index is -0.133. The second-order valence-corrected chi connectivity index (χ2v) is 5.81. The summed E-state index contributed by atoms with van der Waals surface area (Å²) in [5, 5.41) is 7.10. The Kier molecular flexibility index (Phi) is 4.79. The van der Waals surface area contributed by atoms with Gasteiger partial charge in [0.05, 0.1) is 18.8 Å². The molecule has 25 heavy (non-hydrogen) atoms. The van der Waals surface area contributed by atoms with Crippen LogP contribution in [0.5, 0.6) is 5.75 Å². The Bertz CT molecular complexity index is 858. The SMILES string of the molecule is COc1cc(C(=O)N[C@H](C)c2ccc(-n3cncn3)cc2)ccc1C. The fourth-order valence-corrected chi connectivity index (χ4v) is 2.58. The number of methoxy groups -OCH3 is 1. The molecule has 0 aliphatic carbocycles. The number of amides is 1. The van der Waals surface area contributed by atoms with Gasteiger partial charge in [0, 0.05) is 5.56 Å². The van der Waals surface area contributed by atoms with Crippen LogP contribution in [-0.4, -0.2) is 27.8 Å². The molecule has 0 bridgehead atoms. The lowest BCUT2D eigenvalue weighted by Gasteiger charge is -2.15. The third kappa shape index (κ3) is 3.68. The first-order valence-electron chi connectivity index (χ1n) is 7.99. The third-order valence-corrected chi connectivity index (χ3v) is 4.09. The molecular formula is C19H20N4O2. The van der Waals surface area contributed by atoms with E-state index in [9.17, 15) is 4.79 Å². The van der Waals surface area contributed by atoms with Gasteiger partial charge < -0.3 is 10.1 Å². The predicted molar refractivity (Wildman–Crippen MR) is 95.0 cm³/mol. The van der Waals surface area contributed by atoms with Crippen LogP contribution in [0.25, 0.3) is 5.69 Å². The summed E-state index contributed by atoms with van der Waals surface area (Å²) in [6, 6.07) is 13.1. The van der Waals surface area contributed by atoms with Crippen LogP contribution in [0.4, 0.5) is 0 Å². The largest absolute Gasteiger partial charge is 0.496 e. The number of hydrogen-bond donors (Lipinski definition) is 1. The van der Waals surface area contributed by atoms with Crippen molar-refractivity contribution in [3.63, 3.8) is 0 Å². The first-order valence-corrected chi connectivity index (χ1v) is 7.99. The number of nitrogens with zero attached hydrogens (tertiary/aromatic N) is 3. The lowest BCUT2D eigenvalue weighted by molar-refractivity contribution is 0.0939. The van der Waals surface area contributed by atoms with Gasteiger partial charge in [0.25, 0.3) is 5.91 Å². The molecule has 0 unspecified atom stereocenters. The van der Waals surface area contributed by atoms with Crippen LogP contribution in [0, 0.1) is 6.92 Å². The number of aryl methyl sites for hydroxylation is 1. The molecular weight excluding hydrogens is 316 g/mol. The van der Waals surface area contributed by atoms with Gasteiger partial charge in [-0.1, -0.05) is 18.2 Å². The van der Waals surface area contributed by atoms with Crippen molar-refractivity contribution in [2.24, 2.45) is 0 Å². The quantitative estimate of drug-likeness (QED) is 0.777. The van der Waals surface area contributed by atoms with Gasteiger partial charge >= 0.3 is 0 Å². The first kappa shape index (κ1) is 16.7. The van der Waals surface area contributed by atoms with Crippen LogP contribution >= 0.6 is 0 Å². The Balaban J connectivity index is 1.71. The number of carbonyl (C=O) groups is 1. The Morgan fingerprint density at radius 1 is 1.20 bits per heavy atom. The van der Waals surface area contributed by atoms with E-state index in [2.05, 4.69) is 15.4 Å². The van der Waals surface area contributed by atoms with Crippen LogP contribution in [0.3, 0.4) is 0 Å². The van der Waals surface area contributed by atoms with Gasteiger partial charge in [0.1, 0.15) is 18.4 Å². The highest BCUT2D eigenvalue weighted by atomic mass is 16.5. The van der Waals surface area contributed by atoms with E-state index >= 15 is 0 Å². The zero-order chi connectivity index (χ0) is 17.8. The Hall–Kier alpha value is -3.15. The molecule has 3 rings (SSSR count). The molecule has 0 spiro atoms. The van der Waals surface area contributed by atoms with Crippen LogP contribution < -0.4 is 10.1 Å². The molecule has 0 fully saturated rings. The number of hydrogen-bond acceptors (Lipinski definition) is 4. The fourth-order valence-electron chi connectivity index (χ4n) is 2.58. The molecule has 0 saturated heterocycles. The minimum absolute atomic E-state index is 0.121. The fraction of sp³-hybridized carbons (Fsp3) is 0.211. The summed E-state index contributed by atoms with van der Waals surface area (Å²) < 4.78 is 6.97. The maximum atomic E-state index is 12.5. The number of aromatic nitrogens is 3. The molecule has 128 valence electrons. The van der Waals surface area contributed by atoms with E-state index in [0.29, 0.717) is 11.3 Å². The van der Waals surface area contributed by atoms with Gasteiger partial charge in [-0.05, 0) is 49.2 Å². The lowest BCUT2D eigenvalue weighted by Crippen LogP contribution is -2.26. The van der Waals surface area contributed by atoms with Crippen LogP contribution in [0.1, 0.15) is 34.5 Å². The van der Waals surface area contributed by atoms with E-state index in [1.165, 1.54) is 6.33 Å². The number of rotatable bonds is 5. The first-order chi connectivity index (χ1) is 12.1. The van der Waals surface area contributed by atoms with Gasteiger partial charge in [0.15, 0.2) is 0 Å². The molecule has 1 aromatic heterocycles. The average molecular weight is 336 g/mol. The molecule has 2 aromatic carbocycles. The van der Waals surface area contributed by atoms with Crippen LogP contribution in [0.2, 0.25) is 0 Å². The van der Waals surface area contributed by atoms with Gasteiger partial charge in [0.2, 0.25) is 0 Å². The molecule has 0 radical (unpaired) electrons. The monoisotopic (exact) mass is 336 g/mol. The molecule has 1 atom stereocenters. The maximum absolute atomic E-state index is 12.5. The molecule has 0 aliphatic heterocycles. The predicted octanol–water partition coefficient (Wildman–Crippen LogP) is 3.08. The van der Waals surface area contributed by atoms with Crippen molar-refractivity contribution in [3.8, 4) is 11.4 Å². The third-order valence-electron chi connectivity index (χ3n) is 4.09. The highest BCUT2D eigenvalue weighted by molar-refractivity contribution is 5.95. The number of benzene rings is 2. The van der Waals surface area contributed by atoms with Crippen molar-refractivity contribution >= 4 is 5.91 Å². The van der Waals surface area contributed by atoms with Crippen LogP contribution in [0.15, 0.2) is 55.1 Å². The molecule has 0 aliphatic rings. The van der Waals surface area contributed by atoms with Crippen molar-refractivity contribution in [3.05, 3.63) is 71.8 Å². The summed E-state index contributed by atoms with van der Waals surface area (Å²) in [5.74, 6) is 0.573. The molecule has 6 nitrogen and oxygen atoms in total. The summed E-state index contributed by atoms with van der Waals surface area (Å²) in [7, 11) is 1.60. The van der Waals surface area contributed by atoms with E-state index in [-0.39, 0.29) is 11.9 Å². The smallest absolute Gasteiger partial charge is 0.251 e. The zero-order valence-electron chi connectivity index (χ0n) is 14.4. The van der Waals surface area contributed by atoms with E-state index in [0.717, 1.165) is 16.8 Å². The Morgan fingerprint density at radius 2 is 1.96 bits per heavy atom.